The molecule has 7 nitrogen and oxygen atoms in total. The average molecular weight is 249 g/mol. The molecule has 0 aromatic carbocycles. The van der Waals surface area contributed by atoms with Gasteiger partial charge in [0.25, 0.3) is 0 Å². The predicted molar refractivity (Wildman–Crippen MR) is 65.5 cm³/mol. The highest BCUT2D eigenvalue weighted by Gasteiger charge is 2.20. The second-order valence-electron chi connectivity index (χ2n) is 3.77. The van der Waals surface area contributed by atoms with Crippen molar-refractivity contribution in [2.45, 2.75) is 20.4 Å². The van der Waals surface area contributed by atoms with Crippen LogP contribution in [-0.4, -0.2) is 32.4 Å². The summed E-state index contributed by atoms with van der Waals surface area (Å²) in [6.45, 7) is 4.52. The molecule has 0 bridgehead atoms. The lowest BCUT2D eigenvalue weighted by Crippen LogP contribution is -2.07. The standard InChI is InChI=1S/C11H15N5O2/c1-4-15-6-8(5-13-15)16-7(2)14-9(10(16)12)11(17)18-3/h5-6H,4,12H2,1-3H3. The molecule has 0 radical (unpaired) electrons. The summed E-state index contributed by atoms with van der Waals surface area (Å²) in [7, 11) is 1.30. The number of esters is 1. The summed E-state index contributed by atoms with van der Waals surface area (Å²) >= 11 is 0. The number of anilines is 1. The topological polar surface area (TPSA) is 88.0 Å². The third kappa shape index (κ3) is 1.83. The molecule has 2 aromatic rings. The van der Waals surface area contributed by atoms with Crippen molar-refractivity contribution in [3.05, 3.63) is 23.9 Å². The quantitative estimate of drug-likeness (QED) is 0.811. The molecule has 0 aliphatic heterocycles. The minimum Gasteiger partial charge on any atom is -0.464 e. The van der Waals surface area contributed by atoms with Crippen LogP contribution in [0.4, 0.5) is 5.82 Å². The van der Waals surface area contributed by atoms with Crippen molar-refractivity contribution in [1.82, 2.24) is 19.3 Å². The molecule has 0 amide bonds. The lowest BCUT2D eigenvalue weighted by Gasteiger charge is -2.03. The zero-order valence-corrected chi connectivity index (χ0v) is 10.5. The SMILES string of the molecule is CCn1cc(-n2c(C)nc(C(=O)OC)c2N)cn1. The smallest absolute Gasteiger partial charge is 0.360 e. The number of methoxy groups -OCH3 is 1. The number of hydrogen-bond donors (Lipinski definition) is 1. The van der Waals surface area contributed by atoms with Crippen molar-refractivity contribution in [2.24, 2.45) is 0 Å². The molecule has 0 aliphatic rings. The fourth-order valence-electron chi connectivity index (χ4n) is 1.76. The lowest BCUT2D eigenvalue weighted by molar-refractivity contribution is 0.0596. The van der Waals surface area contributed by atoms with Gasteiger partial charge < -0.3 is 10.5 Å². The molecule has 2 heterocycles. The highest BCUT2D eigenvalue weighted by molar-refractivity contribution is 5.92. The molecule has 0 aliphatic carbocycles. The van der Waals surface area contributed by atoms with Gasteiger partial charge in [-0.3, -0.25) is 9.25 Å². The van der Waals surface area contributed by atoms with E-state index in [9.17, 15) is 4.79 Å². The summed E-state index contributed by atoms with van der Waals surface area (Å²) in [6.07, 6.45) is 3.52. The van der Waals surface area contributed by atoms with Gasteiger partial charge in [0.15, 0.2) is 5.69 Å². The second-order valence-corrected chi connectivity index (χ2v) is 3.77. The maximum atomic E-state index is 11.5. The molecular formula is C11H15N5O2. The first kappa shape index (κ1) is 12.2. The van der Waals surface area contributed by atoms with E-state index in [1.807, 2.05) is 13.1 Å². The monoisotopic (exact) mass is 249 g/mol. The Morgan fingerprint density at radius 2 is 2.28 bits per heavy atom. The molecule has 0 spiro atoms. The second kappa shape index (κ2) is 4.52. The fourth-order valence-corrected chi connectivity index (χ4v) is 1.76. The normalized spacial score (nSPS) is 10.6. The zero-order valence-electron chi connectivity index (χ0n) is 10.5. The van der Waals surface area contributed by atoms with E-state index in [4.69, 9.17) is 5.73 Å². The molecule has 7 heteroatoms. The van der Waals surface area contributed by atoms with E-state index in [0.29, 0.717) is 5.82 Å². The van der Waals surface area contributed by atoms with Crippen LogP contribution in [0.5, 0.6) is 0 Å². The average Bonchev–Trinajstić information content (AvgIpc) is 2.93. The molecule has 0 saturated carbocycles. The molecule has 0 fully saturated rings. The molecule has 2 N–H and O–H groups in total. The van der Waals surface area contributed by atoms with Crippen LogP contribution < -0.4 is 5.73 Å². The summed E-state index contributed by atoms with van der Waals surface area (Å²) in [5.41, 5.74) is 6.82. The van der Waals surface area contributed by atoms with Gasteiger partial charge in [-0.1, -0.05) is 0 Å². The van der Waals surface area contributed by atoms with E-state index < -0.39 is 5.97 Å². The highest BCUT2D eigenvalue weighted by atomic mass is 16.5. The van der Waals surface area contributed by atoms with Crippen LogP contribution >= 0.6 is 0 Å². The van der Waals surface area contributed by atoms with Crippen LogP contribution in [0.15, 0.2) is 12.4 Å². The Kier molecular flexibility index (Phi) is 3.05. The van der Waals surface area contributed by atoms with Crippen molar-refractivity contribution >= 4 is 11.8 Å². The van der Waals surface area contributed by atoms with Gasteiger partial charge in [-0.15, -0.1) is 0 Å². The van der Waals surface area contributed by atoms with Gasteiger partial charge in [0.1, 0.15) is 11.6 Å². The van der Waals surface area contributed by atoms with Crippen LogP contribution in [0.2, 0.25) is 0 Å². The molecule has 2 aromatic heterocycles. The Morgan fingerprint density at radius 1 is 1.56 bits per heavy atom. The van der Waals surface area contributed by atoms with Crippen LogP contribution in [0.25, 0.3) is 5.69 Å². The van der Waals surface area contributed by atoms with E-state index in [1.165, 1.54) is 7.11 Å². The maximum Gasteiger partial charge on any atom is 0.360 e. The Bertz CT molecular complexity index is 584. The number of rotatable bonds is 3. The van der Waals surface area contributed by atoms with E-state index in [1.54, 1.807) is 22.4 Å². The number of carbonyl (C=O) groups is 1. The minimum atomic E-state index is -0.544. The molecule has 18 heavy (non-hydrogen) atoms. The number of aromatic nitrogens is 4. The third-order valence-electron chi connectivity index (χ3n) is 2.66. The van der Waals surface area contributed by atoms with E-state index in [-0.39, 0.29) is 11.5 Å². The highest BCUT2D eigenvalue weighted by Crippen LogP contribution is 2.20. The number of nitrogen functional groups attached to an aromatic ring is 1. The van der Waals surface area contributed by atoms with E-state index in [0.717, 1.165) is 12.2 Å². The van der Waals surface area contributed by atoms with Crippen LogP contribution in [0, 0.1) is 6.92 Å². The number of ether oxygens (including phenoxy) is 1. The van der Waals surface area contributed by atoms with Gasteiger partial charge in [-0.25, -0.2) is 9.78 Å². The lowest BCUT2D eigenvalue weighted by atomic mass is 10.4. The summed E-state index contributed by atoms with van der Waals surface area (Å²) in [4.78, 5) is 15.6. The number of aryl methyl sites for hydroxylation is 2. The first-order valence-corrected chi connectivity index (χ1v) is 5.54. The van der Waals surface area contributed by atoms with Gasteiger partial charge in [0, 0.05) is 12.7 Å². The Labute approximate surface area is 104 Å². The van der Waals surface area contributed by atoms with Crippen molar-refractivity contribution < 1.29 is 9.53 Å². The predicted octanol–water partition coefficient (Wildman–Crippen LogP) is 0.766. The first-order valence-electron chi connectivity index (χ1n) is 5.54. The van der Waals surface area contributed by atoms with Gasteiger partial charge in [-0.05, 0) is 13.8 Å². The van der Waals surface area contributed by atoms with Gasteiger partial charge in [0.05, 0.1) is 19.0 Å². The minimum absolute atomic E-state index is 0.124. The number of nitrogens with two attached hydrogens (primary N) is 1. The maximum absolute atomic E-state index is 11.5. The number of hydrogen-bond acceptors (Lipinski definition) is 5. The molecular weight excluding hydrogens is 234 g/mol. The molecule has 2 rings (SSSR count). The summed E-state index contributed by atoms with van der Waals surface area (Å²) in [5, 5.41) is 4.16. The molecule has 0 saturated heterocycles. The molecule has 96 valence electrons. The van der Waals surface area contributed by atoms with Crippen LogP contribution in [0.3, 0.4) is 0 Å². The number of imidazole rings is 1. The van der Waals surface area contributed by atoms with Crippen molar-refractivity contribution in [2.75, 3.05) is 12.8 Å². The zero-order chi connectivity index (χ0) is 13.3. The molecule has 0 unspecified atom stereocenters. The summed E-state index contributed by atoms with van der Waals surface area (Å²) < 4.78 is 8.07. The van der Waals surface area contributed by atoms with Gasteiger partial charge in [0.2, 0.25) is 0 Å². The first-order chi connectivity index (χ1) is 8.58. The summed E-state index contributed by atoms with van der Waals surface area (Å²) in [5.74, 6) is 0.329. The van der Waals surface area contributed by atoms with Crippen molar-refractivity contribution in [1.29, 1.82) is 0 Å². The largest absolute Gasteiger partial charge is 0.464 e. The summed E-state index contributed by atoms with van der Waals surface area (Å²) in [6, 6.07) is 0. The Hall–Kier alpha value is -2.31. The van der Waals surface area contributed by atoms with E-state index in [2.05, 4.69) is 14.8 Å². The van der Waals surface area contributed by atoms with Gasteiger partial charge in [-0.2, -0.15) is 5.10 Å². The van der Waals surface area contributed by atoms with Gasteiger partial charge >= 0.3 is 5.97 Å². The number of nitrogens with zero attached hydrogens (tertiary/aromatic N) is 4. The third-order valence-corrected chi connectivity index (χ3v) is 2.66. The van der Waals surface area contributed by atoms with Crippen molar-refractivity contribution in [3.8, 4) is 5.69 Å². The Balaban J connectivity index is 2.51. The van der Waals surface area contributed by atoms with E-state index >= 15 is 0 Å². The molecule has 0 atom stereocenters. The van der Waals surface area contributed by atoms with Crippen LogP contribution in [-0.2, 0) is 11.3 Å². The number of carbonyl (C=O) groups excluding carboxylic acids is 1. The fraction of sp³-hybridized carbons (Fsp3) is 0.364. The van der Waals surface area contributed by atoms with Crippen molar-refractivity contribution in [3.63, 3.8) is 0 Å². The Morgan fingerprint density at radius 3 is 2.83 bits per heavy atom. The van der Waals surface area contributed by atoms with Crippen LogP contribution in [0.1, 0.15) is 23.2 Å².